The molecule has 1 aliphatic heterocycles. The molecule has 15 heavy (non-hydrogen) atoms. The third kappa shape index (κ3) is 2.73. The van der Waals surface area contributed by atoms with E-state index < -0.39 is 0 Å². The molecule has 0 bridgehead atoms. The van der Waals surface area contributed by atoms with Crippen LogP contribution in [0.2, 0.25) is 0 Å². The zero-order valence-electron chi connectivity index (χ0n) is 8.92. The third-order valence-corrected chi connectivity index (χ3v) is 3.63. The fourth-order valence-electron chi connectivity index (χ4n) is 2.05. The van der Waals surface area contributed by atoms with Gasteiger partial charge in [0, 0.05) is 10.9 Å². The van der Waals surface area contributed by atoms with E-state index in [-0.39, 0.29) is 5.82 Å². The Labute approximate surface area is 94.5 Å². The highest BCUT2D eigenvalue weighted by Gasteiger charge is 2.14. The topological polar surface area (TPSA) is 12.0 Å². The van der Waals surface area contributed by atoms with Crippen molar-refractivity contribution in [1.29, 1.82) is 0 Å². The molecule has 1 saturated heterocycles. The second-order valence-electron chi connectivity index (χ2n) is 3.97. The zero-order valence-corrected chi connectivity index (χ0v) is 9.74. The monoisotopic (exact) mass is 225 g/mol. The molecule has 0 radical (unpaired) electrons. The van der Waals surface area contributed by atoms with E-state index in [0.717, 1.165) is 23.4 Å². The lowest BCUT2D eigenvalue weighted by atomic mass is 10.0. The first-order valence-electron chi connectivity index (χ1n) is 5.35. The van der Waals surface area contributed by atoms with E-state index in [1.807, 2.05) is 18.4 Å². The van der Waals surface area contributed by atoms with Gasteiger partial charge in [-0.05, 0) is 49.8 Å². The number of rotatable bonds is 3. The molecule has 82 valence electrons. The van der Waals surface area contributed by atoms with Gasteiger partial charge in [-0.1, -0.05) is 6.07 Å². The van der Waals surface area contributed by atoms with E-state index >= 15 is 0 Å². The minimum Gasteiger partial charge on any atom is -0.314 e. The van der Waals surface area contributed by atoms with Crippen molar-refractivity contribution >= 4 is 11.8 Å². The van der Waals surface area contributed by atoms with Crippen molar-refractivity contribution in [3.63, 3.8) is 0 Å². The van der Waals surface area contributed by atoms with Gasteiger partial charge in [0.1, 0.15) is 5.82 Å². The van der Waals surface area contributed by atoms with Crippen molar-refractivity contribution < 1.29 is 4.39 Å². The fourth-order valence-corrected chi connectivity index (χ4v) is 2.51. The molecule has 1 N–H and O–H groups in total. The average Bonchev–Trinajstić information content (AvgIpc) is 2.71. The summed E-state index contributed by atoms with van der Waals surface area (Å²) in [7, 11) is 0. The first kappa shape index (κ1) is 11.0. The van der Waals surface area contributed by atoms with Crippen LogP contribution in [0.15, 0.2) is 23.1 Å². The van der Waals surface area contributed by atoms with Gasteiger partial charge < -0.3 is 5.32 Å². The number of thioether (sulfide) groups is 1. The zero-order chi connectivity index (χ0) is 10.7. The van der Waals surface area contributed by atoms with E-state index in [9.17, 15) is 4.39 Å². The molecule has 3 heteroatoms. The molecule has 0 saturated carbocycles. The molecule has 1 aromatic carbocycles. The van der Waals surface area contributed by atoms with Gasteiger partial charge in [0.25, 0.3) is 0 Å². The maximum absolute atomic E-state index is 13.5. The van der Waals surface area contributed by atoms with Crippen molar-refractivity contribution in [2.45, 2.75) is 30.2 Å². The van der Waals surface area contributed by atoms with Crippen LogP contribution in [-0.4, -0.2) is 18.8 Å². The van der Waals surface area contributed by atoms with Gasteiger partial charge in [-0.25, -0.2) is 4.39 Å². The lowest BCUT2D eigenvalue weighted by Gasteiger charge is -2.10. The quantitative estimate of drug-likeness (QED) is 0.794. The van der Waals surface area contributed by atoms with Gasteiger partial charge >= 0.3 is 0 Å². The molecule has 1 aromatic rings. The van der Waals surface area contributed by atoms with Crippen LogP contribution in [0.3, 0.4) is 0 Å². The van der Waals surface area contributed by atoms with Crippen molar-refractivity contribution in [2.75, 3.05) is 12.8 Å². The van der Waals surface area contributed by atoms with Gasteiger partial charge in [-0.15, -0.1) is 11.8 Å². The van der Waals surface area contributed by atoms with Crippen molar-refractivity contribution in [3.8, 4) is 0 Å². The predicted octanol–water partition coefficient (Wildman–Crippen LogP) is 2.84. The van der Waals surface area contributed by atoms with Gasteiger partial charge in [0.15, 0.2) is 0 Å². The third-order valence-electron chi connectivity index (χ3n) is 2.86. The number of hydrogen-bond acceptors (Lipinski definition) is 2. The summed E-state index contributed by atoms with van der Waals surface area (Å²) < 4.78 is 13.5. The van der Waals surface area contributed by atoms with E-state index in [0.29, 0.717) is 6.04 Å². The van der Waals surface area contributed by atoms with Gasteiger partial charge in [-0.3, -0.25) is 0 Å². The Morgan fingerprint density at radius 2 is 2.40 bits per heavy atom. The van der Waals surface area contributed by atoms with Crippen LogP contribution in [0.4, 0.5) is 4.39 Å². The summed E-state index contributed by atoms with van der Waals surface area (Å²) in [5.74, 6) is -0.0852. The minimum absolute atomic E-state index is 0.0852. The standard InChI is InChI=1S/C12H16FNS/c1-15-12-5-4-9(8-11(12)13)7-10-3-2-6-14-10/h4-5,8,10,14H,2-3,6-7H2,1H3. The highest BCUT2D eigenvalue weighted by molar-refractivity contribution is 7.98. The summed E-state index contributed by atoms with van der Waals surface area (Å²) >= 11 is 1.46. The van der Waals surface area contributed by atoms with Crippen molar-refractivity contribution in [2.24, 2.45) is 0 Å². The molecule has 1 nitrogen and oxygen atoms in total. The smallest absolute Gasteiger partial charge is 0.137 e. The van der Waals surface area contributed by atoms with Gasteiger partial charge in [-0.2, -0.15) is 0 Å². The van der Waals surface area contributed by atoms with Crippen LogP contribution < -0.4 is 5.32 Å². The molecule has 1 atom stereocenters. The summed E-state index contributed by atoms with van der Waals surface area (Å²) in [6.07, 6.45) is 5.31. The Bertz CT molecular complexity index is 334. The molecule has 0 aromatic heterocycles. The minimum atomic E-state index is -0.0852. The predicted molar refractivity (Wildman–Crippen MR) is 62.9 cm³/mol. The van der Waals surface area contributed by atoms with Crippen LogP contribution in [0.25, 0.3) is 0 Å². The van der Waals surface area contributed by atoms with Crippen LogP contribution in [0.1, 0.15) is 18.4 Å². The molecule has 0 spiro atoms. The summed E-state index contributed by atoms with van der Waals surface area (Å²) in [4.78, 5) is 0.734. The van der Waals surface area contributed by atoms with Crippen molar-refractivity contribution in [3.05, 3.63) is 29.6 Å². The summed E-state index contributed by atoms with van der Waals surface area (Å²) in [6.45, 7) is 1.11. The number of halogens is 1. The molecular formula is C12H16FNS. The first-order valence-corrected chi connectivity index (χ1v) is 6.58. The maximum Gasteiger partial charge on any atom is 0.137 e. The van der Waals surface area contributed by atoms with Crippen LogP contribution in [0.5, 0.6) is 0 Å². The van der Waals surface area contributed by atoms with E-state index in [1.165, 1.54) is 24.6 Å². The summed E-state index contributed by atoms with van der Waals surface area (Å²) in [6, 6.07) is 6.13. The molecule has 1 fully saturated rings. The lowest BCUT2D eigenvalue weighted by molar-refractivity contribution is 0.582. The largest absolute Gasteiger partial charge is 0.314 e. The SMILES string of the molecule is CSc1ccc(CC2CCCN2)cc1F. The van der Waals surface area contributed by atoms with Gasteiger partial charge in [0.05, 0.1) is 0 Å². The Balaban J connectivity index is 2.05. The Morgan fingerprint density at radius 1 is 1.53 bits per heavy atom. The average molecular weight is 225 g/mol. The molecular weight excluding hydrogens is 209 g/mol. The first-order chi connectivity index (χ1) is 7.29. The normalized spacial score (nSPS) is 20.8. The highest BCUT2D eigenvalue weighted by atomic mass is 32.2. The van der Waals surface area contributed by atoms with Crippen LogP contribution >= 0.6 is 11.8 Å². The van der Waals surface area contributed by atoms with E-state index in [2.05, 4.69) is 5.32 Å². The maximum atomic E-state index is 13.5. The fraction of sp³-hybridized carbons (Fsp3) is 0.500. The summed E-state index contributed by atoms with van der Waals surface area (Å²) in [5.41, 5.74) is 1.10. The van der Waals surface area contributed by atoms with E-state index in [1.54, 1.807) is 6.07 Å². The molecule has 1 aliphatic rings. The lowest BCUT2D eigenvalue weighted by Crippen LogP contribution is -2.23. The molecule has 0 aliphatic carbocycles. The number of hydrogen-bond donors (Lipinski definition) is 1. The van der Waals surface area contributed by atoms with Gasteiger partial charge in [0.2, 0.25) is 0 Å². The van der Waals surface area contributed by atoms with Crippen LogP contribution in [-0.2, 0) is 6.42 Å². The number of benzene rings is 1. The molecule has 1 unspecified atom stereocenters. The molecule has 0 amide bonds. The second kappa shape index (κ2) is 4.99. The second-order valence-corrected chi connectivity index (χ2v) is 4.81. The Morgan fingerprint density at radius 3 is 3.00 bits per heavy atom. The Kier molecular flexibility index (Phi) is 3.65. The van der Waals surface area contributed by atoms with Crippen molar-refractivity contribution in [1.82, 2.24) is 5.32 Å². The summed E-state index contributed by atoms with van der Waals surface area (Å²) in [5, 5.41) is 3.43. The van der Waals surface area contributed by atoms with E-state index in [4.69, 9.17) is 0 Å². The molecule has 2 rings (SSSR count). The number of nitrogens with one attached hydrogen (secondary N) is 1. The van der Waals surface area contributed by atoms with Crippen LogP contribution in [0, 0.1) is 5.82 Å². The molecule has 1 heterocycles. The highest BCUT2D eigenvalue weighted by Crippen LogP contribution is 2.21. The Hall–Kier alpha value is -0.540.